The summed E-state index contributed by atoms with van der Waals surface area (Å²) in [6.07, 6.45) is 0. The van der Waals surface area contributed by atoms with Gasteiger partial charge in [0.05, 0.1) is 23.9 Å². The van der Waals surface area contributed by atoms with Crippen molar-refractivity contribution in [2.75, 3.05) is 4.90 Å². The van der Waals surface area contributed by atoms with E-state index in [0.29, 0.717) is 12.1 Å². The number of nitrogens with zero attached hydrogens (tertiary/aromatic N) is 2. The SMILES string of the molecule is N#Cc1ccccc1CN1C(=O)c2cccc3cccc1c23. The van der Waals surface area contributed by atoms with Crippen LogP contribution < -0.4 is 4.90 Å². The smallest absolute Gasteiger partial charge is 0.259 e. The monoisotopic (exact) mass is 284 g/mol. The van der Waals surface area contributed by atoms with Crippen LogP contribution in [0, 0.1) is 11.3 Å². The first kappa shape index (κ1) is 12.6. The summed E-state index contributed by atoms with van der Waals surface area (Å²) in [5.41, 5.74) is 3.13. The van der Waals surface area contributed by atoms with Gasteiger partial charge in [0, 0.05) is 10.9 Å². The topological polar surface area (TPSA) is 44.1 Å². The van der Waals surface area contributed by atoms with Gasteiger partial charge < -0.3 is 4.90 Å². The zero-order valence-corrected chi connectivity index (χ0v) is 11.8. The highest BCUT2D eigenvalue weighted by atomic mass is 16.2. The van der Waals surface area contributed by atoms with E-state index in [-0.39, 0.29) is 5.91 Å². The van der Waals surface area contributed by atoms with Gasteiger partial charge in [0.2, 0.25) is 0 Å². The molecular formula is C19H12N2O. The number of nitriles is 1. The molecule has 0 aliphatic carbocycles. The van der Waals surface area contributed by atoms with Crippen LogP contribution in [0.3, 0.4) is 0 Å². The van der Waals surface area contributed by atoms with Gasteiger partial charge in [0.1, 0.15) is 0 Å². The fraction of sp³-hybridized carbons (Fsp3) is 0.0526. The Balaban J connectivity index is 1.84. The first-order chi connectivity index (χ1) is 10.8. The van der Waals surface area contributed by atoms with Crippen LogP contribution >= 0.6 is 0 Å². The number of hydrogen-bond acceptors (Lipinski definition) is 2. The third kappa shape index (κ3) is 1.71. The van der Waals surface area contributed by atoms with Gasteiger partial charge in [-0.3, -0.25) is 4.79 Å². The molecule has 0 saturated heterocycles. The molecular weight excluding hydrogens is 272 g/mol. The zero-order chi connectivity index (χ0) is 15.1. The maximum Gasteiger partial charge on any atom is 0.259 e. The summed E-state index contributed by atoms with van der Waals surface area (Å²) in [5.74, 6) is -0.000423. The third-order valence-electron chi connectivity index (χ3n) is 4.12. The summed E-state index contributed by atoms with van der Waals surface area (Å²) in [7, 11) is 0. The van der Waals surface area contributed by atoms with Crippen LogP contribution in [-0.4, -0.2) is 5.91 Å². The highest BCUT2D eigenvalue weighted by Crippen LogP contribution is 2.38. The summed E-state index contributed by atoms with van der Waals surface area (Å²) in [5, 5.41) is 11.3. The van der Waals surface area contributed by atoms with E-state index >= 15 is 0 Å². The van der Waals surface area contributed by atoms with E-state index < -0.39 is 0 Å². The summed E-state index contributed by atoms with van der Waals surface area (Å²) in [6, 6.07) is 21.3. The van der Waals surface area contributed by atoms with Crippen molar-refractivity contribution in [2.24, 2.45) is 0 Å². The quantitative estimate of drug-likeness (QED) is 0.717. The highest BCUT2D eigenvalue weighted by Gasteiger charge is 2.29. The van der Waals surface area contributed by atoms with Gasteiger partial charge in [-0.1, -0.05) is 42.5 Å². The van der Waals surface area contributed by atoms with Gasteiger partial charge in [-0.05, 0) is 29.1 Å². The van der Waals surface area contributed by atoms with Gasteiger partial charge in [0.25, 0.3) is 5.91 Å². The Hall–Kier alpha value is -3.12. The van der Waals surface area contributed by atoms with Crippen molar-refractivity contribution in [2.45, 2.75) is 6.54 Å². The van der Waals surface area contributed by atoms with Gasteiger partial charge in [-0.15, -0.1) is 0 Å². The van der Waals surface area contributed by atoms with E-state index in [9.17, 15) is 10.1 Å². The van der Waals surface area contributed by atoms with Gasteiger partial charge in [-0.2, -0.15) is 5.26 Å². The molecule has 0 radical (unpaired) electrons. The Morgan fingerprint density at radius 2 is 1.73 bits per heavy atom. The predicted molar refractivity (Wildman–Crippen MR) is 85.6 cm³/mol. The largest absolute Gasteiger partial charge is 0.303 e. The molecule has 0 bridgehead atoms. The van der Waals surface area contributed by atoms with Crippen molar-refractivity contribution in [1.29, 1.82) is 5.26 Å². The molecule has 22 heavy (non-hydrogen) atoms. The van der Waals surface area contributed by atoms with Crippen LogP contribution in [-0.2, 0) is 6.54 Å². The van der Waals surface area contributed by atoms with Crippen LogP contribution in [0.5, 0.6) is 0 Å². The van der Waals surface area contributed by atoms with Crippen molar-refractivity contribution in [3.8, 4) is 6.07 Å². The van der Waals surface area contributed by atoms with E-state index in [2.05, 4.69) is 6.07 Å². The lowest BCUT2D eigenvalue weighted by atomic mass is 10.1. The normalized spacial score (nSPS) is 12.7. The van der Waals surface area contributed by atoms with E-state index in [1.54, 1.807) is 11.0 Å². The molecule has 3 nitrogen and oxygen atoms in total. The first-order valence-electron chi connectivity index (χ1n) is 7.11. The summed E-state index contributed by atoms with van der Waals surface area (Å²) in [6.45, 7) is 0.413. The number of benzene rings is 3. The molecule has 0 atom stereocenters. The van der Waals surface area contributed by atoms with Crippen LogP contribution in [0.4, 0.5) is 5.69 Å². The fourth-order valence-corrected chi connectivity index (χ4v) is 3.07. The van der Waals surface area contributed by atoms with E-state index in [0.717, 1.165) is 27.6 Å². The van der Waals surface area contributed by atoms with Crippen LogP contribution in [0.15, 0.2) is 60.7 Å². The van der Waals surface area contributed by atoms with E-state index in [4.69, 9.17) is 0 Å². The number of carbonyl (C=O) groups excluding carboxylic acids is 1. The summed E-state index contributed by atoms with van der Waals surface area (Å²) in [4.78, 5) is 14.5. The molecule has 0 saturated carbocycles. The maximum atomic E-state index is 12.7. The minimum Gasteiger partial charge on any atom is -0.303 e. The second kappa shape index (κ2) is 4.71. The minimum atomic E-state index is -0.000423. The average Bonchev–Trinajstić information content (AvgIpc) is 2.84. The third-order valence-corrected chi connectivity index (χ3v) is 4.12. The Labute approximate surface area is 128 Å². The molecule has 0 spiro atoms. The van der Waals surface area contributed by atoms with Crippen LogP contribution in [0.1, 0.15) is 21.5 Å². The Bertz CT molecular complexity index is 948. The fourth-order valence-electron chi connectivity index (χ4n) is 3.07. The average molecular weight is 284 g/mol. The summed E-state index contributed by atoms with van der Waals surface area (Å²) < 4.78 is 0. The molecule has 1 amide bonds. The molecule has 1 aliphatic heterocycles. The number of rotatable bonds is 2. The molecule has 3 aromatic carbocycles. The maximum absolute atomic E-state index is 12.7. The van der Waals surface area contributed by atoms with E-state index in [1.165, 1.54) is 0 Å². The first-order valence-corrected chi connectivity index (χ1v) is 7.11. The lowest BCUT2D eigenvalue weighted by Gasteiger charge is -2.18. The molecule has 0 fully saturated rings. The van der Waals surface area contributed by atoms with Crippen LogP contribution in [0.2, 0.25) is 0 Å². The molecule has 1 aliphatic rings. The van der Waals surface area contributed by atoms with Crippen molar-refractivity contribution < 1.29 is 4.79 Å². The number of anilines is 1. The summed E-state index contributed by atoms with van der Waals surface area (Å²) >= 11 is 0. The van der Waals surface area contributed by atoms with E-state index in [1.807, 2.05) is 54.6 Å². The van der Waals surface area contributed by atoms with Gasteiger partial charge >= 0.3 is 0 Å². The van der Waals surface area contributed by atoms with Crippen molar-refractivity contribution in [3.05, 3.63) is 77.4 Å². The standard InChI is InChI=1S/C19H12N2O/c20-11-14-5-1-2-6-15(14)12-21-17-10-4-8-13-7-3-9-16(18(13)17)19(21)22/h1-10H,12H2. The molecule has 1 heterocycles. The lowest BCUT2D eigenvalue weighted by molar-refractivity contribution is 0.0991. The number of carbonyl (C=O) groups is 1. The molecule has 0 aromatic heterocycles. The number of amides is 1. The predicted octanol–water partition coefficient (Wildman–Crippen LogP) is 3.87. The highest BCUT2D eigenvalue weighted by molar-refractivity contribution is 6.24. The number of hydrogen-bond donors (Lipinski definition) is 0. The molecule has 104 valence electrons. The van der Waals surface area contributed by atoms with Gasteiger partial charge in [0.15, 0.2) is 0 Å². The second-order valence-corrected chi connectivity index (χ2v) is 5.34. The molecule has 3 aromatic rings. The molecule has 3 heteroatoms. The van der Waals surface area contributed by atoms with Crippen molar-refractivity contribution in [3.63, 3.8) is 0 Å². The Morgan fingerprint density at radius 3 is 2.55 bits per heavy atom. The molecule has 0 unspecified atom stereocenters. The minimum absolute atomic E-state index is 0.000423. The van der Waals surface area contributed by atoms with Gasteiger partial charge in [-0.25, -0.2) is 0 Å². The van der Waals surface area contributed by atoms with Crippen molar-refractivity contribution >= 4 is 22.4 Å². The van der Waals surface area contributed by atoms with Crippen LogP contribution in [0.25, 0.3) is 10.8 Å². The Kier molecular flexibility index (Phi) is 2.70. The molecule has 0 N–H and O–H groups in total. The lowest BCUT2D eigenvalue weighted by Crippen LogP contribution is -2.26. The zero-order valence-electron chi connectivity index (χ0n) is 11.8. The molecule has 4 rings (SSSR count). The van der Waals surface area contributed by atoms with Crippen molar-refractivity contribution in [1.82, 2.24) is 0 Å². The second-order valence-electron chi connectivity index (χ2n) is 5.34. The Morgan fingerprint density at radius 1 is 0.955 bits per heavy atom.